The van der Waals surface area contributed by atoms with Crippen LogP contribution in [0, 0.1) is 0 Å². The fourth-order valence-corrected chi connectivity index (χ4v) is 0.975. The number of carboxylic acid groups (broad SMARTS) is 1. The van der Waals surface area contributed by atoms with Gasteiger partial charge in [0.2, 0.25) is 0 Å². The Bertz CT molecular complexity index is 368. The first-order valence-electron chi connectivity index (χ1n) is 4.44. The number of aliphatic carboxylic acids is 1. The lowest BCUT2D eigenvalue weighted by Crippen LogP contribution is -2.37. The van der Waals surface area contributed by atoms with Crippen molar-refractivity contribution in [3.8, 4) is 0 Å². The third kappa shape index (κ3) is 3.28. The number of methoxy groups -OCH3 is 1. The van der Waals surface area contributed by atoms with Gasteiger partial charge in [-0.25, -0.2) is 14.8 Å². The number of hydrogen-bond donors (Lipinski definition) is 2. The zero-order valence-electron chi connectivity index (χ0n) is 8.58. The van der Waals surface area contributed by atoms with Gasteiger partial charge in [-0.1, -0.05) is 0 Å². The van der Waals surface area contributed by atoms with Crippen molar-refractivity contribution in [1.82, 2.24) is 15.3 Å². The maximum Gasteiger partial charge on any atom is 0.334 e. The van der Waals surface area contributed by atoms with Crippen molar-refractivity contribution in [2.45, 2.75) is 6.10 Å². The molecule has 0 aliphatic heterocycles. The minimum absolute atomic E-state index is 0.112. The summed E-state index contributed by atoms with van der Waals surface area (Å²) in [6.45, 7) is -0.112. The number of rotatable bonds is 5. The zero-order chi connectivity index (χ0) is 12.0. The molecule has 0 bridgehead atoms. The molecule has 7 heteroatoms. The number of carbonyl (C=O) groups excluding carboxylic acids is 1. The van der Waals surface area contributed by atoms with Crippen molar-refractivity contribution >= 4 is 11.9 Å². The predicted octanol–water partition coefficient (Wildman–Crippen LogP) is -0.694. The number of amides is 1. The van der Waals surface area contributed by atoms with Crippen molar-refractivity contribution in [3.05, 3.63) is 24.3 Å². The first-order valence-corrected chi connectivity index (χ1v) is 4.44. The molecule has 1 aromatic heterocycles. The average Bonchev–Trinajstić information content (AvgIpc) is 2.30. The summed E-state index contributed by atoms with van der Waals surface area (Å²) in [6, 6.07) is 0. The third-order valence-corrected chi connectivity index (χ3v) is 1.83. The molecule has 0 radical (unpaired) electrons. The van der Waals surface area contributed by atoms with Gasteiger partial charge in [-0.15, -0.1) is 0 Å². The standard InChI is InChI=1S/C9H11N3O4/c1-16-7(9(14)15)4-12-8(13)6-2-10-5-11-3-6/h2-3,5,7H,4H2,1H3,(H,12,13)(H,14,15). The highest BCUT2D eigenvalue weighted by atomic mass is 16.5. The van der Waals surface area contributed by atoms with Crippen LogP contribution in [0.5, 0.6) is 0 Å². The fourth-order valence-electron chi connectivity index (χ4n) is 0.975. The molecule has 1 amide bonds. The van der Waals surface area contributed by atoms with Crippen LogP contribution in [0.1, 0.15) is 10.4 Å². The molecule has 0 aliphatic carbocycles. The van der Waals surface area contributed by atoms with E-state index in [1.54, 1.807) is 0 Å². The molecule has 1 heterocycles. The summed E-state index contributed by atoms with van der Waals surface area (Å²) in [5.41, 5.74) is 0.266. The maximum atomic E-state index is 11.4. The van der Waals surface area contributed by atoms with Crippen LogP contribution in [-0.4, -0.2) is 46.7 Å². The Morgan fingerprint density at radius 1 is 1.50 bits per heavy atom. The van der Waals surface area contributed by atoms with E-state index in [4.69, 9.17) is 5.11 Å². The van der Waals surface area contributed by atoms with E-state index >= 15 is 0 Å². The molecule has 7 nitrogen and oxygen atoms in total. The van der Waals surface area contributed by atoms with Gasteiger partial charge in [0, 0.05) is 19.5 Å². The minimum Gasteiger partial charge on any atom is -0.479 e. The number of nitrogens with zero attached hydrogens (tertiary/aromatic N) is 2. The van der Waals surface area contributed by atoms with Crippen molar-refractivity contribution in [1.29, 1.82) is 0 Å². The molecule has 1 unspecified atom stereocenters. The first-order chi connectivity index (χ1) is 7.65. The second-order valence-corrected chi connectivity index (χ2v) is 2.90. The number of carboxylic acids is 1. The number of nitrogens with one attached hydrogen (secondary N) is 1. The van der Waals surface area contributed by atoms with E-state index in [-0.39, 0.29) is 12.1 Å². The third-order valence-electron chi connectivity index (χ3n) is 1.83. The van der Waals surface area contributed by atoms with Crippen LogP contribution in [0.15, 0.2) is 18.7 Å². The fraction of sp³-hybridized carbons (Fsp3) is 0.333. The van der Waals surface area contributed by atoms with Crippen LogP contribution in [0.25, 0.3) is 0 Å². The molecular weight excluding hydrogens is 214 g/mol. The Morgan fingerprint density at radius 3 is 2.62 bits per heavy atom. The summed E-state index contributed by atoms with van der Waals surface area (Å²) < 4.78 is 4.65. The van der Waals surface area contributed by atoms with Crippen LogP contribution < -0.4 is 5.32 Å². The maximum absolute atomic E-state index is 11.4. The summed E-state index contributed by atoms with van der Waals surface area (Å²) >= 11 is 0. The highest BCUT2D eigenvalue weighted by Crippen LogP contribution is 1.94. The van der Waals surface area contributed by atoms with Crippen molar-refractivity contribution in [3.63, 3.8) is 0 Å². The lowest BCUT2D eigenvalue weighted by Gasteiger charge is -2.10. The van der Waals surface area contributed by atoms with Crippen molar-refractivity contribution in [2.24, 2.45) is 0 Å². The average molecular weight is 225 g/mol. The monoisotopic (exact) mass is 225 g/mol. The molecular formula is C9H11N3O4. The summed E-state index contributed by atoms with van der Waals surface area (Å²) in [7, 11) is 1.26. The molecule has 0 fully saturated rings. The van der Waals surface area contributed by atoms with E-state index in [2.05, 4.69) is 20.0 Å². The molecule has 2 N–H and O–H groups in total. The van der Waals surface area contributed by atoms with Gasteiger partial charge in [0.05, 0.1) is 12.1 Å². The summed E-state index contributed by atoms with van der Waals surface area (Å²) in [5.74, 6) is -1.57. The van der Waals surface area contributed by atoms with Gasteiger partial charge in [-0.05, 0) is 0 Å². The van der Waals surface area contributed by atoms with E-state index in [1.807, 2.05) is 0 Å². The van der Waals surface area contributed by atoms with Gasteiger partial charge in [-0.2, -0.15) is 0 Å². The Hall–Kier alpha value is -2.02. The second-order valence-electron chi connectivity index (χ2n) is 2.90. The number of ether oxygens (including phenoxy) is 1. The Balaban J connectivity index is 2.50. The van der Waals surface area contributed by atoms with E-state index in [1.165, 1.54) is 25.8 Å². The Labute approximate surface area is 91.5 Å². The van der Waals surface area contributed by atoms with Gasteiger partial charge in [0.1, 0.15) is 6.33 Å². The zero-order valence-corrected chi connectivity index (χ0v) is 8.58. The van der Waals surface area contributed by atoms with Crippen LogP contribution in [0.2, 0.25) is 0 Å². The van der Waals surface area contributed by atoms with Crippen LogP contribution in [0.3, 0.4) is 0 Å². The predicted molar refractivity (Wildman–Crippen MR) is 52.8 cm³/mol. The molecule has 0 aromatic carbocycles. The summed E-state index contributed by atoms with van der Waals surface area (Å²) in [5, 5.41) is 11.1. The first kappa shape index (κ1) is 12.1. The van der Waals surface area contributed by atoms with Gasteiger partial charge in [0.25, 0.3) is 5.91 Å². The smallest absolute Gasteiger partial charge is 0.334 e. The lowest BCUT2D eigenvalue weighted by molar-refractivity contribution is -0.148. The number of aromatic nitrogens is 2. The topological polar surface area (TPSA) is 101 Å². The summed E-state index contributed by atoms with van der Waals surface area (Å²) in [4.78, 5) is 29.4. The van der Waals surface area contributed by atoms with Gasteiger partial charge < -0.3 is 15.2 Å². The van der Waals surface area contributed by atoms with E-state index < -0.39 is 18.0 Å². The number of hydrogen-bond acceptors (Lipinski definition) is 5. The van der Waals surface area contributed by atoms with Crippen molar-refractivity contribution in [2.75, 3.05) is 13.7 Å². The van der Waals surface area contributed by atoms with E-state index in [0.717, 1.165) is 0 Å². The number of carbonyl (C=O) groups is 2. The molecule has 0 saturated heterocycles. The molecule has 0 aliphatic rings. The van der Waals surface area contributed by atoms with Gasteiger partial charge >= 0.3 is 5.97 Å². The minimum atomic E-state index is -1.13. The Kier molecular flexibility index (Phi) is 4.34. The molecule has 0 saturated carbocycles. The van der Waals surface area contributed by atoms with Crippen LogP contribution in [0.4, 0.5) is 0 Å². The molecule has 1 aromatic rings. The largest absolute Gasteiger partial charge is 0.479 e. The normalized spacial score (nSPS) is 11.8. The summed E-state index contributed by atoms with van der Waals surface area (Å²) in [6.07, 6.45) is 2.91. The molecule has 86 valence electrons. The highest BCUT2D eigenvalue weighted by Gasteiger charge is 2.17. The quantitative estimate of drug-likeness (QED) is 0.687. The van der Waals surface area contributed by atoms with Gasteiger partial charge in [-0.3, -0.25) is 4.79 Å². The second kappa shape index (κ2) is 5.76. The highest BCUT2D eigenvalue weighted by molar-refractivity contribution is 5.93. The SMILES string of the molecule is COC(CNC(=O)c1cncnc1)C(=O)O. The van der Waals surface area contributed by atoms with Crippen LogP contribution >= 0.6 is 0 Å². The van der Waals surface area contributed by atoms with Crippen LogP contribution in [-0.2, 0) is 9.53 Å². The molecule has 1 rings (SSSR count). The molecule has 0 spiro atoms. The van der Waals surface area contributed by atoms with Crippen molar-refractivity contribution < 1.29 is 19.4 Å². The van der Waals surface area contributed by atoms with Gasteiger partial charge in [0.15, 0.2) is 6.10 Å². The lowest BCUT2D eigenvalue weighted by atomic mass is 10.3. The van der Waals surface area contributed by atoms with E-state index in [0.29, 0.717) is 0 Å². The molecule has 16 heavy (non-hydrogen) atoms. The Morgan fingerprint density at radius 2 is 2.12 bits per heavy atom. The molecule has 1 atom stereocenters. The van der Waals surface area contributed by atoms with E-state index in [9.17, 15) is 9.59 Å².